The van der Waals surface area contributed by atoms with Gasteiger partial charge in [-0.3, -0.25) is 9.36 Å². The summed E-state index contributed by atoms with van der Waals surface area (Å²) in [4.78, 5) is 22.4. The lowest BCUT2D eigenvalue weighted by Crippen LogP contribution is -2.37. The van der Waals surface area contributed by atoms with Crippen LogP contribution in [0, 0.1) is 5.82 Å². The Morgan fingerprint density at radius 3 is 2.70 bits per heavy atom. The van der Waals surface area contributed by atoms with Gasteiger partial charge in [0.25, 0.3) is 5.56 Å². The number of nitrogens with zero attached hydrogens (tertiary/aromatic N) is 3. The maximum atomic E-state index is 14.3. The zero-order valence-corrected chi connectivity index (χ0v) is 16.6. The Morgan fingerprint density at radius 1 is 1.26 bits per heavy atom. The first-order valence-electron chi connectivity index (χ1n) is 9.52. The number of hydrogen-bond donors (Lipinski definition) is 0. The molecule has 4 rings (SSSR count). The van der Waals surface area contributed by atoms with Crippen molar-refractivity contribution >= 4 is 21.6 Å². The largest absolute Gasteiger partial charge is 0.306 e. The van der Waals surface area contributed by atoms with Crippen LogP contribution in [0.2, 0.25) is 0 Å². The molecule has 0 unspecified atom stereocenters. The SMILES string of the molecule is CCc1cc2c(=O)n(C3CCN(C)CC3)c(Cc3ccccc3F)nc2s1. The molecule has 6 heteroatoms. The van der Waals surface area contributed by atoms with Crippen molar-refractivity contribution in [3.05, 3.63) is 62.8 Å². The van der Waals surface area contributed by atoms with Crippen molar-refractivity contribution in [1.29, 1.82) is 0 Å². The molecule has 1 saturated heterocycles. The number of benzene rings is 1. The Bertz CT molecular complexity index is 1020. The third kappa shape index (κ3) is 3.56. The predicted octanol–water partition coefficient (Wildman–Crippen LogP) is 4.02. The van der Waals surface area contributed by atoms with Crippen LogP contribution in [0.5, 0.6) is 0 Å². The van der Waals surface area contributed by atoms with Crippen molar-refractivity contribution < 1.29 is 4.39 Å². The van der Waals surface area contributed by atoms with Crippen LogP contribution in [0.1, 0.15) is 42.1 Å². The van der Waals surface area contributed by atoms with E-state index in [1.807, 2.05) is 16.7 Å². The first-order chi connectivity index (χ1) is 13.1. The van der Waals surface area contributed by atoms with E-state index in [9.17, 15) is 9.18 Å². The Hall–Kier alpha value is -2.05. The second kappa shape index (κ2) is 7.52. The summed E-state index contributed by atoms with van der Waals surface area (Å²) in [5.41, 5.74) is 0.606. The molecule has 0 saturated carbocycles. The summed E-state index contributed by atoms with van der Waals surface area (Å²) in [6.07, 6.45) is 3.05. The second-order valence-electron chi connectivity index (χ2n) is 7.29. The molecule has 3 heterocycles. The summed E-state index contributed by atoms with van der Waals surface area (Å²) < 4.78 is 16.1. The van der Waals surface area contributed by atoms with E-state index in [0.717, 1.165) is 42.1 Å². The van der Waals surface area contributed by atoms with Crippen molar-refractivity contribution in [1.82, 2.24) is 14.5 Å². The number of fused-ring (bicyclic) bond motifs is 1. The Kier molecular flexibility index (Phi) is 5.10. The fraction of sp³-hybridized carbons (Fsp3) is 0.429. The van der Waals surface area contributed by atoms with Gasteiger partial charge in [0.2, 0.25) is 0 Å². The third-order valence-corrected chi connectivity index (χ3v) is 6.60. The molecule has 1 aliphatic heterocycles. The molecular formula is C21H24FN3OS. The predicted molar refractivity (Wildman–Crippen MR) is 108 cm³/mol. The van der Waals surface area contributed by atoms with Gasteiger partial charge in [-0.1, -0.05) is 25.1 Å². The summed E-state index contributed by atoms with van der Waals surface area (Å²) in [6.45, 7) is 4.00. The Morgan fingerprint density at radius 2 is 2.00 bits per heavy atom. The van der Waals surface area contributed by atoms with Gasteiger partial charge >= 0.3 is 0 Å². The summed E-state index contributed by atoms with van der Waals surface area (Å²) in [7, 11) is 2.10. The standard InChI is InChI=1S/C21H24FN3OS/c1-3-16-13-17-20(27-16)23-19(12-14-6-4-5-7-18(14)22)25(21(17)26)15-8-10-24(2)11-9-15/h4-7,13,15H,3,8-12H2,1-2H3. The molecule has 2 aromatic heterocycles. The highest BCUT2D eigenvalue weighted by atomic mass is 32.1. The Labute approximate surface area is 162 Å². The van der Waals surface area contributed by atoms with Crippen molar-refractivity contribution in [2.75, 3.05) is 20.1 Å². The number of aromatic nitrogens is 2. The molecule has 0 radical (unpaired) electrons. The molecule has 0 N–H and O–H groups in total. The molecular weight excluding hydrogens is 361 g/mol. The molecule has 27 heavy (non-hydrogen) atoms. The van der Waals surface area contributed by atoms with E-state index < -0.39 is 0 Å². The molecule has 0 aliphatic carbocycles. The molecule has 0 atom stereocenters. The average molecular weight is 386 g/mol. The van der Waals surface area contributed by atoms with E-state index in [0.29, 0.717) is 23.2 Å². The average Bonchev–Trinajstić information content (AvgIpc) is 3.09. The van der Waals surface area contributed by atoms with Crippen molar-refractivity contribution in [2.24, 2.45) is 0 Å². The molecule has 0 amide bonds. The van der Waals surface area contributed by atoms with Crippen LogP contribution >= 0.6 is 11.3 Å². The van der Waals surface area contributed by atoms with E-state index >= 15 is 0 Å². The lowest BCUT2D eigenvalue weighted by Gasteiger charge is -2.31. The van der Waals surface area contributed by atoms with Crippen LogP contribution in [-0.2, 0) is 12.8 Å². The van der Waals surface area contributed by atoms with Crippen molar-refractivity contribution in [2.45, 2.75) is 38.6 Å². The van der Waals surface area contributed by atoms with E-state index in [2.05, 4.69) is 18.9 Å². The molecule has 0 spiro atoms. The van der Waals surface area contributed by atoms with Gasteiger partial charge in [-0.15, -0.1) is 11.3 Å². The van der Waals surface area contributed by atoms with Gasteiger partial charge < -0.3 is 4.90 Å². The second-order valence-corrected chi connectivity index (χ2v) is 8.41. The maximum absolute atomic E-state index is 14.3. The number of halogens is 1. The zero-order valence-electron chi connectivity index (χ0n) is 15.7. The Balaban J connectivity index is 1.85. The number of thiophene rings is 1. The zero-order chi connectivity index (χ0) is 19.0. The van der Waals surface area contributed by atoms with Gasteiger partial charge in [0.05, 0.1) is 5.39 Å². The molecule has 1 aliphatic rings. The van der Waals surface area contributed by atoms with Crippen LogP contribution in [0.3, 0.4) is 0 Å². The molecule has 3 aromatic rings. The lowest BCUT2D eigenvalue weighted by molar-refractivity contribution is 0.216. The molecule has 142 valence electrons. The van der Waals surface area contributed by atoms with Crippen LogP contribution < -0.4 is 5.56 Å². The number of aryl methyl sites for hydroxylation is 1. The number of likely N-dealkylation sites (tertiary alicyclic amines) is 1. The summed E-state index contributed by atoms with van der Waals surface area (Å²) in [5, 5.41) is 0.702. The lowest BCUT2D eigenvalue weighted by atomic mass is 10.0. The number of rotatable bonds is 4. The smallest absolute Gasteiger partial charge is 0.262 e. The van der Waals surface area contributed by atoms with Crippen molar-refractivity contribution in [3.8, 4) is 0 Å². The first-order valence-corrected chi connectivity index (χ1v) is 10.3. The van der Waals surface area contributed by atoms with Gasteiger partial charge in [-0.05, 0) is 57.1 Å². The quantitative estimate of drug-likeness (QED) is 0.681. The fourth-order valence-electron chi connectivity index (χ4n) is 3.83. The maximum Gasteiger partial charge on any atom is 0.262 e. The van der Waals surface area contributed by atoms with E-state index in [1.54, 1.807) is 23.5 Å². The van der Waals surface area contributed by atoms with Crippen molar-refractivity contribution in [3.63, 3.8) is 0 Å². The van der Waals surface area contributed by atoms with Gasteiger partial charge in [0.1, 0.15) is 16.5 Å². The number of hydrogen-bond acceptors (Lipinski definition) is 4. The van der Waals surface area contributed by atoms with Crippen LogP contribution in [0.25, 0.3) is 10.2 Å². The molecule has 4 nitrogen and oxygen atoms in total. The van der Waals surface area contributed by atoms with E-state index in [-0.39, 0.29) is 17.4 Å². The molecule has 0 bridgehead atoms. The number of piperidine rings is 1. The van der Waals surface area contributed by atoms with Gasteiger partial charge in [-0.25, -0.2) is 9.37 Å². The van der Waals surface area contributed by atoms with Crippen LogP contribution in [-0.4, -0.2) is 34.6 Å². The van der Waals surface area contributed by atoms with Crippen LogP contribution in [0.15, 0.2) is 35.1 Å². The van der Waals surface area contributed by atoms with Gasteiger partial charge in [0.15, 0.2) is 0 Å². The first kappa shape index (κ1) is 18.3. The minimum absolute atomic E-state index is 0.0249. The highest BCUT2D eigenvalue weighted by Crippen LogP contribution is 2.27. The van der Waals surface area contributed by atoms with Gasteiger partial charge in [-0.2, -0.15) is 0 Å². The minimum atomic E-state index is -0.248. The van der Waals surface area contributed by atoms with Gasteiger partial charge in [0, 0.05) is 17.3 Å². The summed E-state index contributed by atoms with van der Waals surface area (Å²) >= 11 is 1.57. The van der Waals surface area contributed by atoms with Crippen LogP contribution in [0.4, 0.5) is 4.39 Å². The van der Waals surface area contributed by atoms with E-state index in [4.69, 9.17) is 4.98 Å². The highest BCUT2D eigenvalue weighted by molar-refractivity contribution is 7.18. The third-order valence-electron chi connectivity index (χ3n) is 5.43. The highest BCUT2D eigenvalue weighted by Gasteiger charge is 2.24. The molecule has 1 fully saturated rings. The minimum Gasteiger partial charge on any atom is -0.306 e. The summed E-state index contributed by atoms with van der Waals surface area (Å²) in [6, 6.07) is 8.86. The monoisotopic (exact) mass is 385 g/mol. The fourth-order valence-corrected chi connectivity index (χ4v) is 4.80. The molecule has 1 aromatic carbocycles. The normalized spacial score (nSPS) is 16.3. The topological polar surface area (TPSA) is 38.1 Å². The summed E-state index contributed by atoms with van der Waals surface area (Å²) in [5.74, 6) is 0.429. The van der Waals surface area contributed by atoms with E-state index in [1.165, 1.54) is 6.07 Å².